The fourth-order valence-corrected chi connectivity index (χ4v) is 4.86. The van der Waals surface area contributed by atoms with E-state index in [9.17, 15) is 8.42 Å². The minimum atomic E-state index is -3.48. The topological polar surface area (TPSA) is 67.9 Å². The van der Waals surface area contributed by atoms with Crippen LogP contribution in [0, 0.1) is 5.92 Å². The maximum absolute atomic E-state index is 12.9. The van der Waals surface area contributed by atoms with Gasteiger partial charge in [0.05, 0.1) is 12.0 Å². The summed E-state index contributed by atoms with van der Waals surface area (Å²) in [6.45, 7) is 1.97. The predicted molar refractivity (Wildman–Crippen MR) is 105 cm³/mol. The average Bonchev–Trinajstić information content (AvgIpc) is 2.69. The molecule has 1 saturated heterocycles. The molecule has 2 aromatic rings. The Balaban J connectivity index is 1.69. The summed E-state index contributed by atoms with van der Waals surface area (Å²) in [6, 6.07) is 13.8. The summed E-state index contributed by atoms with van der Waals surface area (Å²) in [5.41, 5.74) is 0. The van der Waals surface area contributed by atoms with Crippen molar-refractivity contribution in [1.29, 1.82) is 0 Å². The van der Waals surface area contributed by atoms with Gasteiger partial charge in [0.25, 0.3) is 0 Å². The molecular formula is C20H26N2O4S. The molecular weight excluding hydrogens is 364 g/mol. The van der Waals surface area contributed by atoms with E-state index in [1.54, 1.807) is 47.8 Å². The minimum absolute atomic E-state index is 0.301. The summed E-state index contributed by atoms with van der Waals surface area (Å²) in [7, 11) is 0.0288. The Kier molecular flexibility index (Phi) is 6.36. The first-order chi connectivity index (χ1) is 13.0. The van der Waals surface area contributed by atoms with E-state index in [4.69, 9.17) is 9.47 Å². The number of ether oxygens (including phenoxy) is 2. The smallest absolute Gasteiger partial charge is 0.243 e. The highest BCUT2D eigenvalue weighted by Crippen LogP contribution is 2.27. The molecule has 3 rings (SSSR count). The second kappa shape index (κ2) is 8.73. The molecule has 1 unspecified atom stereocenters. The van der Waals surface area contributed by atoms with Crippen molar-refractivity contribution < 1.29 is 17.9 Å². The molecule has 1 aliphatic heterocycles. The highest BCUT2D eigenvalue weighted by atomic mass is 32.2. The molecule has 0 aliphatic carbocycles. The van der Waals surface area contributed by atoms with E-state index in [2.05, 4.69) is 5.32 Å². The van der Waals surface area contributed by atoms with Crippen LogP contribution in [0.1, 0.15) is 12.8 Å². The third kappa shape index (κ3) is 4.80. The molecule has 0 radical (unpaired) electrons. The summed E-state index contributed by atoms with van der Waals surface area (Å²) >= 11 is 0. The van der Waals surface area contributed by atoms with Crippen molar-refractivity contribution in [2.24, 2.45) is 5.92 Å². The number of hydrogen-bond acceptors (Lipinski definition) is 5. The maximum atomic E-state index is 12.9. The molecule has 27 heavy (non-hydrogen) atoms. The third-order valence-corrected chi connectivity index (χ3v) is 6.61. The lowest BCUT2D eigenvalue weighted by Crippen LogP contribution is -2.42. The Morgan fingerprint density at radius 2 is 1.63 bits per heavy atom. The van der Waals surface area contributed by atoms with Gasteiger partial charge in [-0.2, -0.15) is 4.31 Å². The van der Waals surface area contributed by atoms with Crippen LogP contribution in [0.3, 0.4) is 0 Å². The molecule has 1 N–H and O–H groups in total. The number of nitrogens with zero attached hydrogens (tertiary/aromatic N) is 1. The second-order valence-corrected chi connectivity index (χ2v) is 8.62. The Hall–Kier alpha value is -2.09. The largest absolute Gasteiger partial charge is 0.497 e. The minimum Gasteiger partial charge on any atom is -0.497 e. The third-order valence-electron chi connectivity index (χ3n) is 4.73. The monoisotopic (exact) mass is 390 g/mol. The van der Waals surface area contributed by atoms with Crippen LogP contribution in [0.25, 0.3) is 0 Å². The number of sulfonamides is 1. The lowest BCUT2D eigenvalue weighted by atomic mass is 10.00. The first kappa shape index (κ1) is 19.7. The van der Waals surface area contributed by atoms with Crippen LogP contribution in [0.2, 0.25) is 0 Å². The zero-order valence-electron chi connectivity index (χ0n) is 15.7. The van der Waals surface area contributed by atoms with Gasteiger partial charge < -0.3 is 14.8 Å². The van der Waals surface area contributed by atoms with Crippen molar-refractivity contribution in [2.45, 2.75) is 17.7 Å². The van der Waals surface area contributed by atoms with E-state index in [-0.39, 0.29) is 0 Å². The summed E-state index contributed by atoms with van der Waals surface area (Å²) in [4.78, 5) is 0.301. The van der Waals surface area contributed by atoms with E-state index >= 15 is 0 Å². The Morgan fingerprint density at radius 3 is 2.22 bits per heavy atom. The molecule has 146 valence electrons. The van der Waals surface area contributed by atoms with Gasteiger partial charge in [-0.3, -0.25) is 0 Å². The lowest BCUT2D eigenvalue weighted by molar-refractivity contribution is 0.263. The van der Waals surface area contributed by atoms with Crippen LogP contribution < -0.4 is 14.8 Å². The van der Waals surface area contributed by atoms with Gasteiger partial charge in [-0.25, -0.2) is 8.42 Å². The maximum Gasteiger partial charge on any atom is 0.243 e. The molecule has 0 aromatic heterocycles. The van der Waals surface area contributed by atoms with E-state index in [0.29, 0.717) is 35.4 Å². The van der Waals surface area contributed by atoms with E-state index in [1.165, 1.54) is 0 Å². The van der Waals surface area contributed by atoms with Gasteiger partial charge in [-0.15, -0.1) is 0 Å². The second-order valence-electron chi connectivity index (χ2n) is 6.68. The zero-order valence-corrected chi connectivity index (χ0v) is 16.5. The van der Waals surface area contributed by atoms with Gasteiger partial charge in [-0.05, 0) is 80.9 Å². The Bertz CT molecular complexity index is 833. The first-order valence-corrected chi connectivity index (χ1v) is 10.5. The standard InChI is InChI=1S/C20H26N2O4S/c1-21-14-16-4-3-13-22(15-16)27(23,24)20-11-9-19(10-12-20)26-18-7-5-17(25-2)6-8-18/h5-12,16,21H,3-4,13-15H2,1-2H3. The van der Waals surface area contributed by atoms with Crippen molar-refractivity contribution in [3.05, 3.63) is 48.5 Å². The van der Waals surface area contributed by atoms with Crippen LogP contribution in [0.15, 0.2) is 53.4 Å². The highest BCUT2D eigenvalue weighted by Gasteiger charge is 2.29. The molecule has 1 atom stereocenters. The fourth-order valence-electron chi connectivity index (χ4n) is 3.31. The summed E-state index contributed by atoms with van der Waals surface area (Å²) in [5, 5.41) is 3.14. The molecule has 1 fully saturated rings. The normalized spacial score (nSPS) is 18.2. The van der Waals surface area contributed by atoms with Crippen molar-refractivity contribution in [3.63, 3.8) is 0 Å². The first-order valence-electron chi connectivity index (χ1n) is 9.09. The molecule has 7 heteroatoms. The van der Waals surface area contributed by atoms with Crippen molar-refractivity contribution in [3.8, 4) is 17.2 Å². The number of methoxy groups -OCH3 is 1. The molecule has 0 spiro atoms. The summed E-state index contributed by atoms with van der Waals surface area (Å²) in [6.07, 6.45) is 1.95. The molecule has 1 heterocycles. The molecule has 0 amide bonds. The Morgan fingerprint density at radius 1 is 1.04 bits per heavy atom. The quantitative estimate of drug-likeness (QED) is 0.787. The van der Waals surface area contributed by atoms with Gasteiger partial charge >= 0.3 is 0 Å². The van der Waals surface area contributed by atoms with Crippen molar-refractivity contribution in [2.75, 3.05) is 33.8 Å². The fraction of sp³-hybridized carbons (Fsp3) is 0.400. The molecule has 2 aromatic carbocycles. The number of hydrogen-bond donors (Lipinski definition) is 1. The SMILES string of the molecule is CNCC1CCCN(S(=O)(=O)c2ccc(Oc3ccc(OC)cc3)cc2)C1. The number of benzene rings is 2. The van der Waals surface area contributed by atoms with Gasteiger partial charge in [0.2, 0.25) is 10.0 Å². The van der Waals surface area contributed by atoms with Crippen LogP contribution >= 0.6 is 0 Å². The molecule has 1 aliphatic rings. The van der Waals surface area contributed by atoms with Crippen LogP contribution in [-0.2, 0) is 10.0 Å². The van der Waals surface area contributed by atoms with E-state index < -0.39 is 10.0 Å². The van der Waals surface area contributed by atoms with Crippen molar-refractivity contribution >= 4 is 10.0 Å². The number of nitrogens with one attached hydrogen (secondary N) is 1. The van der Waals surface area contributed by atoms with Crippen LogP contribution in [0.4, 0.5) is 0 Å². The average molecular weight is 391 g/mol. The number of piperidine rings is 1. The molecule has 0 bridgehead atoms. The highest BCUT2D eigenvalue weighted by molar-refractivity contribution is 7.89. The van der Waals surface area contributed by atoms with E-state index in [0.717, 1.165) is 25.1 Å². The van der Waals surface area contributed by atoms with Gasteiger partial charge in [-0.1, -0.05) is 0 Å². The predicted octanol–water partition coefficient (Wildman–Crippen LogP) is 3.11. The summed E-state index contributed by atoms with van der Waals surface area (Å²) in [5.74, 6) is 2.36. The van der Waals surface area contributed by atoms with Crippen LogP contribution in [0.5, 0.6) is 17.2 Å². The molecule has 0 saturated carbocycles. The van der Waals surface area contributed by atoms with Gasteiger partial charge in [0.1, 0.15) is 17.2 Å². The van der Waals surface area contributed by atoms with Gasteiger partial charge in [0, 0.05) is 13.1 Å². The van der Waals surface area contributed by atoms with Gasteiger partial charge in [0.15, 0.2) is 0 Å². The summed E-state index contributed by atoms with van der Waals surface area (Å²) < 4.78 is 38.3. The Labute approximate surface area is 161 Å². The van der Waals surface area contributed by atoms with E-state index in [1.807, 2.05) is 19.2 Å². The zero-order chi connectivity index (χ0) is 19.3. The lowest BCUT2D eigenvalue weighted by Gasteiger charge is -2.31. The number of rotatable bonds is 7. The van der Waals surface area contributed by atoms with Crippen molar-refractivity contribution in [1.82, 2.24) is 9.62 Å². The molecule has 6 nitrogen and oxygen atoms in total. The van der Waals surface area contributed by atoms with Crippen LogP contribution in [-0.4, -0.2) is 46.5 Å².